The molecule has 4 aromatic rings. The molecule has 36 heavy (non-hydrogen) atoms. The molecule has 2 aromatic carbocycles. The van der Waals surface area contributed by atoms with E-state index in [0.717, 1.165) is 18.4 Å². The van der Waals surface area contributed by atoms with Gasteiger partial charge in [-0.3, -0.25) is 0 Å². The zero-order chi connectivity index (χ0) is 26.3. The highest BCUT2D eigenvalue weighted by molar-refractivity contribution is 7.91. The van der Waals surface area contributed by atoms with Crippen LogP contribution in [0.4, 0.5) is 8.78 Å². The number of sulfone groups is 1. The van der Waals surface area contributed by atoms with E-state index in [-0.39, 0.29) is 17.1 Å². The Hall–Kier alpha value is -2.86. The van der Waals surface area contributed by atoms with Gasteiger partial charge in [-0.25, -0.2) is 22.2 Å². The summed E-state index contributed by atoms with van der Waals surface area (Å²) in [5.74, 6) is -1.15. The molecule has 2 atom stereocenters. The largest absolute Gasteiger partial charge is 0.598 e. The summed E-state index contributed by atoms with van der Waals surface area (Å²) in [4.78, 5) is 4.05. The van der Waals surface area contributed by atoms with E-state index in [0.29, 0.717) is 27.8 Å². The SMILES string of the molecule is CC(C)(C)[S+]([O-])N[C@@H](Cc1nc(S(C)(=O)=O)ccc1F)c1ccccc1-c1noc2ccc(F)cc12. The Balaban J connectivity index is 1.85. The molecular formula is C25H25F2N3O4S2. The van der Waals surface area contributed by atoms with E-state index in [1.807, 2.05) is 0 Å². The van der Waals surface area contributed by atoms with E-state index in [4.69, 9.17) is 4.52 Å². The first-order chi connectivity index (χ1) is 16.8. The van der Waals surface area contributed by atoms with Crippen molar-refractivity contribution in [3.63, 3.8) is 0 Å². The summed E-state index contributed by atoms with van der Waals surface area (Å²) in [6.45, 7) is 5.36. The number of rotatable bonds is 7. The molecule has 1 unspecified atom stereocenters. The Morgan fingerprint density at radius 3 is 2.53 bits per heavy atom. The molecule has 0 fully saturated rings. The second kappa shape index (κ2) is 9.89. The van der Waals surface area contributed by atoms with Crippen LogP contribution < -0.4 is 4.72 Å². The number of aromatic nitrogens is 2. The summed E-state index contributed by atoms with van der Waals surface area (Å²) < 4.78 is 73.8. The Kier molecular flexibility index (Phi) is 7.20. The minimum absolute atomic E-state index is 0.104. The molecule has 11 heteroatoms. The van der Waals surface area contributed by atoms with E-state index < -0.39 is 43.6 Å². The number of fused-ring (bicyclic) bond motifs is 1. The normalized spacial score (nSPS) is 14.2. The zero-order valence-corrected chi connectivity index (χ0v) is 21.7. The van der Waals surface area contributed by atoms with Crippen molar-refractivity contribution in [2.75, 3.05) is 6.26 Å². The molecule has 4 rings (SSSR count). The molecule has 2 heterocycles. The molecule has 0 saturated carbocycles. The van der Waals surface area contributed by atoms with E-state index in [1.54, 1.807) is 45.0 Å². The van der Waals surface area contributed by atoms with Crippen molar-refractivity contribution in [3.05, 3.63) is 77.5 Å². The van der Waals surface area contributed by atoms with Gasteiger partial charge in [0.25, 0.3) is 0 Å². The first kappa shape index (κ1) is 26.2. The number of hydrogen-bond donors (Lipinski definition) is 1. The molecule has 0 bridgehead atoms. The lowest BCUT2D eigenvalue weighted by Gasteiger charge is -2.29. The maximum atomic E-state index is 14.8. The fourth-order valence-electron chi connectivity index (χ4n) is 3.65. The molecule has 190 valence electrons. The van der Waals surface area contributed by atoms with E-state index >= 15 is 0 Å². The Bertz CT molecular complexity index is 1520. The van der Waals surface area contributed by atoms with Crippen LogP contribution in [0.1, 0.15) is 38.1 Å². The molecule has 1 N–H and O–H groups in total. The molecule has 0 aliphatic heterocycles. The fraction of sp³-hybridized carbons (Fsp3) is 0.280. The van der Waals surface area contributed by atoms with Crippen molar-refractivity contribution in [2.45, 2.75) is 43.0 Å². The lowest BCUT2D eigenvalue weighted by Crippen LogP contribution is -2.42. The molecular weight excluding hydrogens is 508 g/mol. The van der Waals surface area contributed by atoms with Crippen molar-refractivity contribution in [2.24, 2.45) is 0 Å². The predicted molar refractivity (Wildman–Crippen MR) is 134 cm³/mol. The topological polar surface area (TPSA) is 108 Å². The van der Waals surface area contributed by atoms with Crippen LogP contribution in [0.25, 0.3) is 22.2 Å². The highest BCUT2D eigenvalue weighted by atomic mass is 32.2. The fourth-order valence-corrected chi connectivity index (χ4v) is 5.06. The van der Waals surface area contributed by atoms with E-state index in [1.165, 1.54) is 18.2 Å². The predicted octanol–water partition coefficient (Wildman–Crippen LogP) is 4.91. The third kappa shape index (κ3) is 5.59. The van der Waals surface area contributed by atoms with Crippen molar-refractivity contribution in [1.82, 2.24) is 14.9 Å². The molecule has 0 spiro atoms. The number of benzene rings is 2. The summed E-state index contributed by atoms with van der Waals surface area (Å²) in [5.41, 5.74) is 1.79. The van der Waals surface area contributed by atoms with Crippen LogP contribution in [0, 0.1) is 11.6 Å². The molecule has 0 radical (unpaired) electrons. The van der Waals surface area contributed by atoms with E-state index in [2.05, 4.69) is 14.9 Å². The molecule has 0 saturated heterocycles. The van der Waals surface area contributed by atoms with Gasteiger partial charge in [0.1, 0.15) is 22.1 Å². The molecule has 0 aliphatic carbocycles. The lowest BCUT2D eigenvalue weighted by atomic mass is 9.94. The average Bonchev–Trinajstić information content (AvgIpc) is 3.21. The van der Waals surface area contributed by atoms with Gasteiger partial charge < -0.3 is 9.08 Å². The Morgan fingerprint density at radius 2 is 1.83 bits per heavy atom. The number of nitrogens with one attached hydrogen (secondary N) is 1. The standard InChI is InChI=1S/C25H25F2N3O4S2/c1-25(2,3)35(31)30-20(14-21-19(27)10-12-23(28-21)36(4,32)33)16-7-5-6-8-17(16)24-18-13-15(26)9-11-22(18)34-29-24/h5-13,20,30H,14H2,1-4H3/t20-,35?/m0/s1. The van der Waals surface area contributed by atoms with Gasteiger partial charge in [-0.15, -0.1) is 4.72 Å². The monoisotopic (exact) mass is 533 g/mol. The summed E-state index contributed by atoms with van der Waals surface area (Å²) in [6.07, 6.45) is 0.879. The minimum Gasteiger partial charge on any atom is -0.598 e. The van der Waals surface area contributed by atoms with Crippen molar-refractivity contribution < 1.29 is 26.3 Å². The molecule has 0 aliphatic rings. The number of pyridine rings is 1. The van der Waals surface area contributed by atoms with Gasteiger partial charge in [0.05, 0.1) is 17.1 Å². The third-order valence-corrected chi connectivity index (χ3v) is 8.10. The number of halogens is 2. The molecule has 7 nitrogen and oxygen atoms in total. The van der Waals surface area contributed by atoms with Crippen molar-refractivity contribution in [3.8, 4) is 11.3 Å². The van der Waals surface area contributed by atoms with Crippen LogP contribution in [0.5, 0.6) is 0 Å². The lowest BCUT2D eigenvalue weighted by molar-refractivity contribution is 0.459. The van der Waals surface area contributed by atoms with Gasteiger partial charge >= 0.3 is 0 Å². The van der Waals surface area contributed by atoms with Gasteiger partial charge in [0.2, 0.25) is 0 Å². The summed E-state index contributed by atoms with van der Waals surface area (Å²) >= 11 is -1.58. The van der Waals surface area contributed by atoms with Gasteiger partial charge in [-0.2, -0.15) is 0 Å². The van der Waals surface area contributed by atoms with Crippen LogP contribution in [-0.2, 0) is 27.6 Å². The highest BCUT2D eigenvalue weighted by Gasteiger charge is 2.32. The Labute approximate surface area is 211 Å². The van der Waals surface area contributed by atoms with Crippen LogP contribution in [0.2, 0.25) is 0 Å². The second-order valence-corrected chi connectivity index (χ2v) is 13.3. The highest BCUT2D eigenvalue weighted by Crippen LogP contribution is 2.35. The van der Waals surface area contributed by atoms with Crippen LogP contribution in [-0.4, -0.2) is 34.1 Å². The van der Waals surface area contributed by atoms with Gasteiger partial charge in [0.15, 0.2) is 20.4 Å². The minimum atomic E-state index is -3.68. The van der Waals surface area contributed by atoms with E-state index in [9.17, 15) is 21.8 Å². The van der Waals surface area contributed by atoms with Crippen LogP contribution >= 0.6 is 0 Å². The maximum absolute atomic E-state index is 14.8. The quantitative estimate of drug-likeness (QED) is 0.336. The van der Waals surface area contributed by atoms with Crippen molar-refractivity contribution >= 4 is 32.2 Å². The first-order valence-electron chi connectivity index (χ1n) is 11.0. The third-order valence-electron chi connectivity index (χ3n) is 5.50. The maximum Gasteiger partial charge on any atom is 0.192 e. The van der Waals surface area contributed by atoms with Gasteiger partial charge in [-0.05, 0) is 56.7 Å². The zero-order valence-electron chi connectivity index (χ0n) is 20.1. The van der Waals surface area contributed by atoms with Crippen LogP contribution in [0.15, 0.2) is 64.1 Å². The number of hydrogen-bond acceptors (Lipinski definition) is 7. The summed E-state index contributed by atoms with van der Waals surface area (Å²) in [6, 6.07) is 12.5. The Morgan fingerprint density at radius 1 is 1.11 bits per heavy atom. The number of nitrogens with zero attached hydrogens (tertiary/aromatic N) is 2. The van der Waals surface area contributed by atoms with Crippen LogP contribution in [0.3, 0.4) is 0 Å². The van der Waals surface area contributed by atoms with Gasteiger partial charge in [-0.1, -0.05) is 29.4 Å². The molecule has 2 aromatic heterocycles. The van der Waals surface area contributed by atoms with Gasteiger partial charge in [0, 0.05) is 29.6 Å². The van der Waals surface area contributed by atoms with Crippen molar-refractivity contribution in [1.29, 1.82) is 0 Å². The summed E-state index contributed by atoms with van der Waals surface area (Å²) in [5, 5.41) is 4.32. The molecule has 0 amide bonds. The first-order valence-corrected chi connectivity index (χ1v) is 14.1. The average molecular weight is 534 g/mol. The summed E-state index contributed by atoms with van der Waals surface area (Å²) in [7, 11) is -3.68. The second-order valence-electron chi connectivity index (χ2n) is 9.36. The smallest absolute Gasteiger partial charge is 0.192 e.